The number of carbonyl (C=O) groups excluding carboxylic acids is 1. The number of benzene rings is 1. The predicted molar refractivity (Wildman–Crippen MR) is 136 cm³/mol. The zero-order valence-corrected chi connectivity index (χ0v) is 21.4. The van der Waals surface area contributed by atoms with Crippen LogP contribution in [0.1, 0.15) is 52.9 Å². The van der Waals surface area contributed by atoms with Crippen LogP contribution in [0.4, 0.5) is 10.3 Å². The van der Waals surface area contributed by atoms with Gasteiger partial charge in [0.1, 0.15) is 23.8 Å². The first-order valence-corrected chi connectivity index (χ1v) is 13.4. The highest BCUT2D eigenvalue weighted by molar-refractivity contribution is 5.95. The van der Waals surface area contributed by atoms with Gasteiger partial charge in [-0.2, -0.15) is 0 Å². The molecule has 3 aliphatic heterocycles. The molecule has 2 fully saturated rings. The fourth-order valence-corrected chi connectivity index (χ4v) is 6.11. The number of nitrogens with zero attached hydrogens (tertiary/aromatic N) is 4. The van der Waals surface area contributed by atoms with Crippen molar-refractivity contribution >= 4 is 11.9 Å². The minimum atomic E-state index is -1.00. The molecule has 9 nitrogen and oxygen atoms in total. The number of H-pyrrole nitrogens is 1. The molecule has 0 radical (unpaired) electrons. The quantitative estimate of drug-likeness (QED) is 0.611. The van der Waals surface area contributed by atoms with Gasteiger partial charge in [0.25, 0.3) is 5.56 Å². The van der Waals surface area contributed by atoms with Crippen LogP contribution in [0.3, 0.4) is 0 Å². The van der Waals surface area contributed by atoms with E-state index in [-0.39, 0.29) is 11.1 Å². The molecule has 37 heavy (non-hydrogen) atoms. The third-order valence-corrected chi connectivity index (χ3v) is 8.35. The number of aromatic amines is 1. The Balaban J connectivity index is 1.14. The summed E-state index contributed by atoms with van der Waals surface area (Å²) in [7, 11) is 2.11. The molecule has 1 aliphatic carbocycles. The lowest BCUT2D eigenvalue weighted by atomic mass is 9.83. The van der Waals surface area contributed by atoms with Gasteiger partial charge in [-0.25, -0.2) is 14.2 Å². The number of piperidine rings is 1. The van der Waals surface area contributed by atoms with E-state index in [0.29, 0.717) is 49.8 Å². The molecule has 1 N–H and O–H groups in total. The zero-order chi connectivity index (χ0) is 25.6. The lowest BCUT2D eigenvalue weighted by Gasteiger charge is -2.39. The van der Waals surface area contributed by atoms with Crippen LogP contribution in [0.15, 0.2) is 16.9 Å². The number of piperazine rings is 1. The van der Waals surface area contributed by atoms with Crippen molar-refractivity contribution in [3.8, 4) is 5.75 Å². The Kier molecular flexibility index (Phi) is 6.40. The van der Waals surface area contributed by atoms with E-state index < -0.39 is 17.4 Å². The molecule has 0 bridgehead atoms. The van der Waals surface area contributed by atoms with E-state index in [9.17, 15) is 9.59 Å². The van der Waals surface area contributed by atoms with E-state index in [1.54, 1.807) is 6.07 Å². The molecule has 2 saturated heterocycles. The minimum Gasteiger partial charge on any atom is -0.492 e. The summed E-state index contributed by atoms with van der Waals surface area (Å²) in [6.45, 7) is 6.21. The highest BCUT2D eigenvalue weighted by Gasteiger charge is 2.50. The molecule has 6 rings (SSSR count). The second-order valence-corrected chi connectivity index (χ2v) is 10.7. The van der Waals surface area contributed by atoms with Gasteiger partial charge < -0.3 is 19.3 Å². The summed E-state index contributed by atoms with van der Waals surface area (Å²) in [6.07, 6.45) is 4.50. The van der Waals surface area contributed by atoms with Crippen LogP contribution in [0.25, 0.3) is 0 Å². The van der Waals surface area contributed by atoms with Crippen LogP contribution < -0.4 is 15.2 Å². The van der Waals surface area contributed by atoms with Gasteiger partial charge in [0, 0.05) is 75.8 Å². The third kappa shape index (κ3) is 4.61. The number of rotatable bonds is 5. The number of halogens is 1. The van der Waals surface area contributed by atoms with E-state index >= 15 is 4.39 Å². The minimum absolute atomic E-state index is 0.0659. The van der Waals surface area contributed by atoms with Crippen molar-refractivity contribution in [1.82, 2.24) is 19.8 Å². The first kappa shape index (κ1) is 24.4. The van der Waals surface area contributed by atoms with Crippen LogP contribution in [0.2, 0.25) is 0 Å². The number of carbonyl (C=O) groups is 1. The molecule has 10 heteroatoms. The monoisotopic (exact) mass is 511 g/mol. The first-order valence-electron chi connectivity index (χ1n) is 13.4. The van der Waals surface area contributed by atoms with Crippen LogP contribution in [-0.4, -0.2) is 85.2 Å². The molecule has 0 saturated carbocycles. The number of hydrogen-bond donors (Lipinski definition) is 1. The fraction of sp³-hybridized carbons (Fsp3) is 0.593. The SMILES string of the molecule is CN1CCN(CCOc2cc(F)c3c(c2)C(=O)OC32CCN(c3nc4c(c(=O)[nH]3)CCCC4)CC2)CC1. The molecule has 0 unspecified atom stereocenters. The standard InChI is InChI=1S/C27H34FN5O4/c1-31-10-12-32(13-11-31)14-15-36-18-16-20-23(21(28)17-18)27(37-25(20)35)6-8-33(9-7-27)26-29-22-5-3-2-4-19(22)24(34)30-26/h16-17H,2-15H2,1H3,(H,29,30,34). The summed E-state index contributed by atoms with van der Waals surface area (Å²) >= 11 is 0. The van der Waals surface area contributed by atoms with Crippen molar-refractivity contribution in [2.24, 2.45) is 0 Å². The number of fused-ring (bicyclic) bond motifs is 3. The molecule has 0 atom stereocenters. The van der Waals surface area contributed by atoms with Crippen LogP contribution in [0, 0.1) is 5.82 Å². The largest absolute Gasteiger partial charge is 0.492 e. The van der Waals surface area contributed by atoms with Crippen LogP contribution in [0.5, 0.6) is 5.75 Å². The Morgan fingerprint density at radius 3 is 2.62 bits per heavy atom. The fourth-order valence-electron chi connectivity index (χ4n) is 6.11. The van der Waals surface area contributed by atoms with E-state index in [0.717, 1.165) is 69.7 Å². The summed E-state index contributed by atoms with van der Waals surface area (Å²) in [5.41, 5.74) is 1.20. The Morgan fingerprint density at radius 1 is 1.08 bits per heavy atom. The first-order chi connectivity index (χ1) is 17.9. The van der Waals surface area contributed by atoms with E-state index in [1.807, 2.05) is 4.90 Å². The number of likely N-dealkylation sites (N-methyl/N-ethyl adjacent to an activating group) is 1. The van der Waals surface area contributed by atoms with E-state index in [1.165, 1.54) is 6.07 Å². The molecule has 1 aromatic heterocycles. The number of hydrogen-bond acceptors (Lipinski definition) is 8. The van der Waals surface area contributed by atoms with Gasteiger partial charge in [0.15, 0.2) is 0 Å². The molecule has 1 aromatic carbocycles. The topological polar surface area (TPSA) is 91.0 Å². The van der Waals surface area contributed by atoms with Gasteiger partial charge in [-0.15, -0.1) is 0 Å². The van der Waals surface area contributed by atoms with Gasteiger partial charge in [0.2, 0.25) is 5.95 Å². The molecule has 198 valence electrons. The number of esters is 1. The second kappa shape index (κ2) is 9.72. The lowest BCUT2D eigenvalue weighted by Crippen LogP contribution is -2.45. The van der Waals surface area contributed by atoms with Crippen LogP contribution >= 0.6 is 0 Å². The average Bonchev–Trinajstić information content (AvgIpc) is 3.16. The second-order valence-electron chi connectivity index (χ2n) is 10.7. The molecule has 2 aromatic rings. The Labute approximate surface area is 215 Å². The molecular weight excluding hydrogens is 477 g/mol. The summed E-state index contributed by atoms with van der Waals surface area (Å²) in [5, 5.41) is 0. The number of aromatic nitrogens is 2. The highest BCUT2D eigenvalue weighted by Crippen LogP contribution is 2.46. The maximum Gasteiger partial charge on any atom is 0.339 e. The molecule has 1 spiro atoms. The van der Waals surface area contributed by atoms with Crippen molar-refractivity contribution in [3.63, 3.8) is 0 Å². The maximum atomic E-state index is 15.4. The van der Waals surface area contributed by atoms with Crippen molar-refractivity contribution < 1.29 is 18.7 Å². The predicted octanol–water partition coefficient (Wildman–Crippen LogP) is 2.08. The zero-order valence-electron chi connectivity index (χ0n) is 21.4. The third-order valence-electron chi connectivity index (χ3n) is 8.35. The van der Waals surface area contributed by atoms with Crippen molar-refractivity contribution in [3.05, 3.63) is 50.7 Å². The Hall–Kier alpha value is -2.98. The van der Waals surface area contributed by atoms with Crippen LogP contribution in [-0.2, 0) is 23.2 Å². The average molecular weight is 512 g/mol. The molecule has 0 amide bonds. The van der Waals surface area contributed by atoms with Crippen molar-refractivity contribution in [1.29, 1.82) is 0 Å². The van der Waals surface area contributed by atoms with Gasteiger partial charge in [-0.1, -0.05) is 0 Å². The summed E-state index contributed by atoms with van der Waals surface area (Å²) in [5.74, 6) is -0.0684. The summed E-state index contributed by atoms with van der Waals surface area (Å²) in [4.78, 5) is 39.7. The number of aryl methyl sites for hydroxylation is 1. The Bertz CT molecular complexity index is 1250. The number of anilines is 1. The van der Waals surface area contributed by atoms with Gasteiger partial charge >= 0.3 is 5.97 Å². The lowest BCUT2D eigenvalue weighted by molar-refractivity contribution is -0.0225. The summed E-state index contributed by atoms with van der Waals surface area (Å²) < 4.78 is 27.1. The smallest absolute Gasteiger partial charge is 0.339 e. The van der Waals surface area contributed by atoms with Gasteiger partial charge in [-0.05, 0) is 38.8 Å². The van der Waals surface area contributed by atoms with E-state index in [2.05, 4.69) is 21.8 Å². The normalized spacial score (nSPS) is 21.6. The van der Waals surface area contributed by atoms with Gasteiger partial charge in [-0.3, -0.25) is 14.7 Å². The summed E-state index contributed by atoms with van der Waals surface area (Å²) in [6, 6.07) is 3.00. The molecule has 4 heterocycles. The van der Waals surface area contributed by atoms with E-state index in [4.69, 9.17) is 14.5 Å². The number of nitrogens with one attached hydrogen (secondary N) is 1. The van der Waals surface area contributed by atoms with Gasteiger partial charge in [0.05, 0.1) is 11.3 Å². The molecular formula is C27H34FN5O4. The number of ether oxygens (including phenoxy) is 2. The van der Waals surface area contributed by atoms with Crippen molar-refractivity contribution in [2.75, 3.05) is 64.4 Å². The molecule has 4 aliphatic rings. The highest BCUT2D eigenvalue weighted by atomic mass is 19.1. The maximum absolute atomic E-state index is 15.4. The van der Waals surface area contributed by atoms with Crippen molar-refractivity contribution in [2.45, 2.75) is 44.1 Å². The Morgan fingerprint density at radius 2 is 1.84 bits per heavy atom.